The van der Waals surface area contributed by atoms with Crippen LogP contribution in [0.25, 0.3) is 11.0 Å². The molecule has 3 N–H and O–H groups in total. The largest absolute Gasteiger partial charge is 0.493 e. The number of hydrogen-bond acceptors (Lipinski definition) is 11. The van der Waals surface area contributed by atoms with Crippen LogP contribution in [0.2, 0.25) is 0 Å². The molecule has 3 aromatic carbocycles. The van der Waals surface area contributed by atoms with Gasteiger partial charge in [0.1, 0.15) is 17.5 Å². The van der Waals surface area contributed by atoms with Crippen LogP contribution >= 0.6 is 0 Å². The highest BCUT2D eigenvalue weighted by molar-refractivity contribution is 6.07. The van der Waals surface area contributed by atoms with Gasteiger partial charge in [-0.05, 0) is 73.2 Å². The molecule has 0 radical (unpaired) electrons. The van der Waals surface area contributed by atoms with Crippen molar-refractivity contribution in [3.05, 3.63) is 102 Å². The van der Waals surface area contributed by atoms with E-state index in [1.54, 1.807) is 66.9 Å². The Morgan fingerprint density at radius 1 is 0.889 bits per heavy atom. The normalized spacial score (nSPS) is 10.7. The van der Waals surface area contributed by atoms with Crippen LogP contribution in [0.3, 0.4) is 0 Å². The van der Waals surface area contributed by atoms with E-state index in [9.17, 15) is 14.4 Å². The van der Waals surface area contributed by atoms with Gasteiger partial charge in [-0.3, -0.25) is 25.2 Å². The van der Waals surface area contributed by atoms with Crippen molar-refractivity contribution in [2.45, 2.75) is 45.6 Å². The summed E-state index contributed by atoms with van der Waals surface area (Å²) in [6.07, 6.45) is 4.83. The minimum atomic E-state index is -0.638. The predicted molar refractivity (Wildman–Crippen MR) is 206 cm³/mol. The van der Waals surface area contributed by atoms with Gasteiger partial charge in [-0.15, -0.1) is 0 Å². The number of aryl methyl sites for hydroxylation is 1. The zero-order valence-electron chi connectivity index (χ0n) is 30.9. The summed E-state index contributed by atoms with van der Waals surface area (Å²) >= 11 is 0. The summed E-state index contributed by atoms with van der Waals surface area (Å²) in [5.74, 6) is 1.07. The molecule has 14 nitrogen and oxygen atoms in total. The fraction of sp³-hybridized carbons (Fsp3) is 0.300. The highest BCUT2D eigenvalue weighted by Gasteiger charge is 2.23. The van der Waals surface area contributed by atoms with Gasteiger partial charge >= 0.3 is 12.1 Å². The minimum absolute atomic E-state index is 0.00786. The number of benzene rings is 3. The van der Waals surface area contributed by atoms with Crippen molar-refractivity contribution in [2.75, 3.05) is 37.6 Å². The molecular weight excluding hydrogens is 690 g/mol. The van der Waals surface area contributed by atoms with Crippen molar-refractivity contribution in [1.82, 2.24) is 19.9 Å². The van der Waals surface area contributed by atoms with E-state index in [-0.39, 0.29) is 30.5 Å². The van der Waals surface area contributed by atoms with Crippen molar-refractivity contribution >= 4 is 46.3 Å². The summed E-state index contributed by atoms with van der Waals surface area (Å²) in [6.45, 7) is 2.83. The summed E-state index contributed by atoms with van der Waals surface area (Å²) in [7, 11) is 4.85. The quantitative estimate of drug-likeness (QED) is 0.0301. The molecule has 0 fully saturated rings. The number of anilines is 2. The molecule has 0 unspecified atom stereocenters. The summed E-state index contributed by atoms with van der Waals surface area (Å²) < 4.78 is 23.4. The Bertz CT molecular complexity index is 2070. The number of aromatic nitrogens is 3. The van der Waals surface area contributed by atoms with E-state index in [1.165, 1.54) is 19.1 Å². The molecule has 0 spiro atoms. The van der Waals surface area contributed by atoms with Gasteiger partial charge in [0.15, 0.2) is 11.5 Å². The number of alkyl carbamates (subject to hydrolysis) is 1. The summed E-state index contributed by atoms with van der Waals surface area (Å²) in [6, 6.07) is 22.6. The fourth-order valence-corrected chi connectivity index (χ4v) is 5.68. The average molecular weight is 736 g/mol. The van der Waals surface area contributed by atoms with Crippen LogP contribution in [-0.2, 0) is 23.1 Å². The number of methoxy groups -OCH3 is 2. The van der Waals surface area contributed by atoms with Crippen LogP contribution in [0, 0.1) is 5.41 Å². The number of amidine groups is 1. The Morgan fingerprint density at radius 3 is 2.39 bits per heavy atom. The third kappa shape index (κ3) is 9.91. The van der Waals surface area contributed by atoms with Gasteiger partial charge in [0.05, 0.1) is 44.8 Å². The minimum Gasteiger partial charge on any atom is -0.493 e. The van der Waals surface area contributed by atoms with Crippen molar-refractivity contribution in [3.63, 3.8) is 0 Å². The molecule has 2 amide bonds. The zero-order valence-corrected chi connectivity index (χ0v) is 30.9. The van der Waals surface area contributed by atoms with Gasteiger partial charge < -0.3 is 28.8 Å². The molecule has 54 heavy (non-hydrogen) atoms. The van der Waals surface area contributed by atoms with Crippen LogP contribution in [0.1, 0.15) is 60.8 Å². The summed E-state index contributed by atoms with van der Waals surface area (Å²) in [5, 5.41) is 14.0. The smallest absolute Gasteiger partial charge is 0.412 e. The fourth-order valence-electron chi connectivity index (χ4n) is 5.68. The van der Waals surface area contributed by atoms with Crippen molar-refractivity contribution < 1.29 is 33.3 Å². The van der Waals surface area contributed by atoms with E-state index in [1.807, 2.05) is 29.8 Å². The van der Waals surface area contributed by atoms with Gasteiger partial charge in [-0.1, -0.05) is 38.3 Å². The standard InChI is InChI=1S/C40H45N7O7/c1-5-6-7-10-24-53-40(50)45-38(41)27-15-18-29(19-16-27)43-26-35-44-30-25-28(17-20-31(30)46(35)2)39(49)47(34-14-8-9-22-42-34)23-21-36(48)54-33-13-11-12-32(51-3)37(33)52-4/h8-9,11-20,22,25,43H,5-7,10,21,23-24,26H2,1-4H3,(H2,41,45,50). The highest BCUT2D eigenvalue weighted by Crippen LogP contribution is 2.36. The van der Waals surface area contributed by atoms with Crippen LogP contribution < -0.4 is 29.7 Å². The first kappa shape index (κ1) is 38.8. The van der Waals surface area contributed by atoms with Crippen molar-refractivity contribution in [1.29, 1.82) is 5.41 Å². The summed E-state index contributed by atoms with van der Waals surface area (Å²) in [5.41, 5.74) is 3.16. The number of carbonyl (C=O) groups is 3. The maximum Gasteiger partial charge on any atom is 0.412 e. The van der Waals surface area contributed by atoms with Gasteiger partial charge in [0, 0.05) is 36.6 Å². The molecule has 0 saturated carbocycles. The first-order valence-electron chi connectivity index (χ1n) is 17.7. The molecule has 5 rings (SSSR count). The second kappa shape index (κ2) is 18.9. The molecule has 2 aromatic heterocycles. The van der Waals surface area contributed by atoms with Crippen LogP contribution in [0.4, 0.5) is 16.3 Å². The Labute approximate surface area is 313 Å². The van der Waals surface area contributed by atoms with Crippen molar-refractivity contribution in [2.24, 2.45) is 7.05 Å². The number of imidazole rings is 1. The van der Waals surface area contributed by atoms with E-state index in [4.69, 9.17) is 29.3 Å². The Morgan fingerprint density at radius 2 is 1.67 bits per heavy atom. The Kier molecular flexibility index (Phi) is 13.6. The lowest BCUT2D eigenvalue weighted by Crippen LogP contribution is -2.34. The molecule has 282 valence electrons. The lowest BCUT2D eigenvalue weighted by molar-refractivity contribution is -0.134. The number of unbranched alkanes of at least 4 members (excludes halogenated alkanes) is 3. The molecule has 0 aliphatic rings. The number of hydrogen-bond donors (Lipinski definition) is 3. The molecule has 14 heteroatoms. The average Bonchev–Trinajstić information content (AvgIpc) is 3.51. The van der Waals surface area contributed by atoms with Gasteiger partial charge in [-0.25, -0.2) is 14.8 Å². The number of nitrogens with one attached hydrogen (secondary N) is 3. The number of pyridine rings is 1. The number of para-hydroxylation sites is 1. The lowest BCUT2D eigenvalue weighted by atomic mass is 10.1. The molecule has 0 bridgehead atoms. The maximum absolute atomic E-state index is 14.0. The number of nitrogens with zero attached hydrogens (tertiary/aromatic N) is 4. The predicted octanol–water partition coefficient (Wildman–Crippen LogP) is 6.87. The molecule has 0 atom stereocenters. The maximum atomic E-state index is 14.0. The summed E-state index contributed by atoms with van der Waals surface area (Å²) in [4.78, 5) is 49.6. The first-order chi connectivity index (χ1) is 26.2. The van der Waals surface area contributed by atoms with Gasteiger partial charge in [0.2, 0.25) is 5.75 Å². The SMILES string of the molecule is CCCCCCOC(=O)NC(=N)c1ccc(NCc2nc3cc(C(=O)N(CCC(=O)Oc4cccc(OC)c4OC)c4ccccn4)ccc3n2C)cc1. The topological polar surface area (TPSA) is 170 Å². The van der Waals surface area contributed by atoms with E-state index >= 15 is 0 Å². The molecule has 2 heterocycles. The van der Waals surface area contributed by atoms with E-state index in [0.29, 0.717) is 47.1 Å². The lowest BCUT2D eigenvalue weighted by Gasteiger charge is -2.21. The van der Waals surface area contributed by atoms with Crippen LogP contribution in [0.5, 0.6) is 17.2 Å². The second-order valence-corrected chi connectivity index (χ2v) is 12.3. The molecule has 5 aromatic rings. The third-order valence-corrected chi connectivity index (χ3v) is 8.60. The highest BCUT2D eigenvalue weighted by atomic mass is 16.6. The van der Waals surface area contributed by atoms with Crippen molar-refractivity contribution in [3.8, 4) is 17.2 Å². The van der Waals surface area contributed by atoms with E-state index in [2.05, 4.69) is 22.5 Å². The number of amides is 2. The number of rotatable bonds is 17. The Balaban J connectivity index is 1.22. The Hall–Kier alpha value is -6.44. The van der Waals surface area contributed by atoms with E-state index in [0.717, 1.165) is 42.7 Å². The number of ether oxygens (including phenoxy) is 4. The van der Waals surface area contributed by atoms with Gasteiger partial charge in [-0.2, -0.15) is 0 Å². The molecule has 0 aliphatic carbocycles. The van der Waals surface area contributed by atoms with Gasteiger partial charge in [0.25, 0.3) is 5.91 Å². The number of fused-ring (bicyclic) bond motifs is 1. The monoisotopic (exact) mass is 735 g/mol. The zero-order chi connectivity index (χ0) is 38.5. The third-order valence-electron chi connectivity index (χ3n) is 8.60. The number of carbonyl (C=O) groups excluding carboxylic acids is 3. The molecule has 0 saturated heterocycles. The van der Waals surface area contributed by atoms with Crippen LogP contribution in [0.15, 0.2) is 85.1 Å². The first-order valence-corrected chi connectivity index (χ1v) is 17.7. The second-order valence-electron chi connectivity index (χ2n) is 12.3. The van der Waals surface area contributed by atoms with Crippen LogP contribution in [-0.4, -0.2) is 65.7 Å². The van der Waals surface area contributed by atoms with E-state index < -0.39 is 12.1 Å². The molecule has 0 aliphatic heterocycles. The number of esters is 1. The molecular formula is C40H45N7O7.